The maximum absolute atomic E-state index is 12.8. The fourth-order valence-corrected chi connectivity index (χ4v) is 5.11. The van der Waals surface area contributed by atoms with Crippen LogP contribution in [0.25, 0.3) is 0 Å². The van der Waals surface area contributed by atoms with Crippen molar-refractivity contribution in [2.75, 3.05) is 5.32 Å². The third-order valence-corrected chi connectivity index (χ3v) is 6.87. The van der Waals surface area contributed by atoms with Crippen molar-refractivity contribution in [2.45, 2.75) is 10.6 Å². The molecule has 1 heterocycles. The van der Waals surface area contributed by atoms with Gasteiger partial charge < -0.3 is 4.74 Å². The molecule has 9 heteroatoms. The quantitative estimate of drug-likeness (QED) is 0.442. The molecule has 156 valence electrons. The fraction of sp³-hybridized carbons (Fsp3) is 0.0455. The van der Waals surface area contributed by atoms with Crippen LogP contribution in [-0.2, 0) is 15.6 Å². The molecule has 4 aromatic rings. The van der Waals surface area contributed by atoms with E-state index in [1.807, 2.05) is 18.2 Å². The van der Waals surface area contributed by atoms with E-state index in [4.69, 9.17) is 4.74 Å². The van der Waals surface area contributed by atoms with Crippen LogP contribution in [0.3, 0.4) is 0 Å². The van der Waals surface area contributed by atoms with Crippen LogP contribution in [0.5, 0.6) is 11.5 Å². The Hall–Kier alpha value is -3.56. The predicted octanol–water partition coefficient (Wildman–Crippen LogP) is 4.56. The van der Waals surface area contributed by atoms with E-state index in [9.17, 15) is 13.2 Å². The molecule has 0 saturated carbocycles. The Morgan fingerprint density at radius 2 is 1.52 bits per heavy atom. The second-order valence-corrected chi connectivity index (χ2v) is 9.49. The molecule has 3 aromatic carbocycles. The van der Waals surface area contributed by atoms with Crippen molar-refractivity contribution in [3.63, 3.8) is 0 Å². The van der Waals surface area contributed by atoms with E-state index < -0.39 is 15.7 Å². The van der Waals surface area contributed by atoms with Gasteiger partial charge in [0.15, 0.2) is 9.84 Å². The highest BCUT2D eigenvalue weighted by atomic mass is 32.2. The smallest absolute Gasteiger partial charge is 0.261 e. The van der Waals surface area contributed by atoms with Gasteiger partial charge in [0.2, 0.25) is 5.13 Å². The highest BCUT2D eigenvalue weighted by Crippen LogP contribution is 2.27. The summed E-state index contributed by atoms with van der Waals surface area (Å²) >= 11 is 1.01. The topological polar surface area (TPSA) is 98.3 Å². The number of carbonyl (C=O) groups is 1. The molecule has 0 aliphatic heterocycles. The molecule has 0 atom stereocenters. The maximum atomic E-state index is 12.8. The number of amides is 1. The van der Waals surface area contributed by atoms with E-state index in [1.54, 1.807) is 54.6 Å². The van der Waals surface area contributed by atoms with Crippen molar-refractivity contribution < 1.29 is 17.9 Å². The first-order chi connectivity index (χ1) is 15.0. The summed E-state index contributed by atoms with van der Waals surface area (Å²) in [6.45, 7) is 0. The molecule has 1 amide bonds. The summed E-state index contributed by atoms with van der Waals surface area (Å²) in [6, 6.07) is 24.1. The first kappa shape index (κ1) is 20.7. The normalized spacial score (nSPS) is 11.1. The molecule has 0 fully saturated rings. The van der Waals surface area contributed by atoms with E-state index in [2.05, 4.69) is 15.5 Å². The molecular formula is C22H17N3O4S2. The molecule has 1 N–H and O–H groups in total. The molecule has 1 aromatic heterocycles. The van der Waals surface area contributed by atoms with Crippen LogP contribution in [-0.4, -0.2) is 24.5 Å². The van der Waals surface area contributed by atoms with Crippen molar-refractivity contribution in [1.29, 1.82) is 0 Å². The van der Waals surface area contributed by atoms with E-state index in [-0.39, 0.29) is 20.8 Å². The fourth-order valence-electron chi connectivity index (χ4n) is 2.76. The SMILES string of the molecule is O=C(Nc1nnc(CS(=O)(=O)c2ccccc2)s1)c1ccccc1Oc1ccccc1. The average Bonchev–Trinajstić information content (AvgIpc) is 3.21. The predicted molar refractivity (Wildman–Crippen MR) is 118 cm³/mol. The summed E-state index contributed by atoms with van der Waals surface area (Å²) in [5.74, 6) is 0.271. The van der Waals surface area contributed by atoms with Gasteiger partial charge in [0.25, 0.3) is 5.91 Å². The van der Waals surface area contributed by atoms with Crippen LogP contribution in [0.1, 0.15) is 15.4 Å². The molecule has 0 unspecified atom stereocenters. The number of carbonyl (C=O) groups excluding carboxylic acids is 1. The molecule has 0 aliphatic rings. The van der Waals surface area contributed by atoms with Crippen molar-refractivity contribution >= 4 is 32.2 Å². The Morgan fingerprint density at radius 1 is 0.871 bits per heavy atom. The molecule has 0 aliphatic carbocycles. The Morgan fingerprint density at radius 3 is 2.26 bits per heavy atom. The number of nitrogens with one attached hydrogen (secondary N) is 1. The zero-order chi connectivity index (χ0) is 21.7. The lowest BCUT2D eigenvalue weighted by Crippen LogP contribution is -2.12. The Kier molecular flexibility index (Phi) is 6.06. The standard InChI is InChI=1S/C22H17N3O4S2/c26-21(18-13-7-8-14-19(18)29-16-9-3-1-4-10-16)23-22-25-24-20(30-22)15-31(27,28)17-11-5-2-6-12-17/h1-14H,15H2,(H,23,25,26). The number of anilines is 1. The summed E-state index contributed by atoms with van der Waals surface area (Å²) in [5, 5.41) is 11.0. The summed E-state index contributed by atoms with van der Waals surface area (Å²) in [5.41, 5.74) is 0.319. The lowest BCUT2D eigenvalue weighted by Gasteiger charge is -2.10. The lowest BCUT2D eigenvalue weighted by molar-refractivity contribution is 0.102. The molecule has 0 radical (unpaired) electrons. The highest BCUT2D eigenvalue weighted by Gasteiger charge is 2.20. The van der Waals surface area contributed by atoms with E-state index >= 15 is 0 Å². The van der Waals surface area contributed by atoms with Gasteiger partial charge in [-0.25, -0.2) is 8.42 Å². The van der Waals surface area contributed by atoms with Crippen LogP contribution in [0, 0.1) is 0 Å². The number of ether oxygens (including phenoxy) is 1. The summed E-state index contributed by atoms with van der Waals surface area (Å²) in [7, 11) is -3.55. The minimum Gasteiger partial charge on any atom is -0.457 e. The monoisotopic (exact) mass is 451 g/mol. The molecule has 0 spiro atoms. The van der Waals surface area contributed by atoms with Crippen molar-refractivity contribution in [2.24, 2.45) is 0 Å². The maximum Gasteiger partial charge on any atom is 0.261 e. The number of hydrogen-bond donors (Lipinski definition) is 1. The molecule has 4 rings (SSSR count). The second-order valence-electron chi connectivity index (χ2n) is 6.44. The van der Waals surface area contributed by atoms with Gasteiger partial charge >= 0.3 is 0 Å². The average molecular weight is 452 g/mol. The largest absolute Gasteiger partial charge is 0.457 e. The van der Waals surface area contributed by atoms with Gasteiger partial charge in [-0.3, -0.25) is 10.1 Å². The van der Waals surface area contributed by atoms with Crippen LogP contribution >= 0.6 is 11.3 Å². The van der Waals surface area contributed by atoms with E-state index in [1.165, 1.54) is 12.1 Å². The lowest BCUT2D eigenvalue weighted by atomic mass is 10.2. The molecule has 31 heavy (non-hydrogen) atoms. The molecule has 0 saturated heterocycles. The first-order valence-corrected chi connectivity index (χ1v) is 11.7. The van der Waals surface area contributed by atoms with Crippen molar-refractivity contribution in [1.82, 2.24) is 10.2 Å². The number of nitrogens with zero attached hydrogens (tertiary/aromatic N) is 2. The first-order valence-electron chi connectivity index (χ1n) is 9.25. The van der Waals surface area contributed by atoms with Gasteiger partial charge in [-0.05, 0) is 36.4 Å². The van der Waals surface area contributed by atoms with Gasteiger partial charge in [-0.2, -0.15) is 0 Å². The minimum atomic E-state index is -3.55. The number of benzene rings is 3. The van der Waals surface area contributed by atoms with Crippen LogP contribution in [0.2, 0.25) is 0 Å². The zero-order valence-electron chi connectivity index (χ0n) is 16.1. The molecular weight excluding hydrogens is 434 g/mol. The summed E-state index contributed by atoms with van der Waals surface area (Å²) in [4.78, 5) is 13.0. The van der Waals surface area contributed by atoms with Gasteiger partial charge in [0.1, 0.15) is 22.3 Å². The van der Waals surface area contributed by atoms with Crippen LogP contribution < -0.4 is 10.1 Å². The zero-order valence-corrected chi connectivity index (χ0v) is 17.8. The van der Waals surface area contributed by atoms with Crippen LogP contribution in [0.4, 0.5) is 5.13 Å². The number of rotatable bonds is 7. The van der Waals surface area contributed by atoms with Gasteiger partial charge in [-0.15, -0.1) is 10.2 Å². The van der Waals surface area contributed by atoms with Crippen molar-refractivity contribution in [3.05, 3.63) is 95.5 Å². The number of hydrogen-bond acceptors (Lipinski definition) is 7. The summed E-state index contributed by atoms with van der Waals surface area (Å²) in [6.07, 6.45) is 0. The van der Waals surface area contributed by atoms with E-state index in [0.29, 0.717) is 17.1 Å². The Labute approximate surface area is 183 Å². The third-order valence-electron chi connectivity index (χ3n) is 4.21. The highest BCUT2D eigenvalue weighted by molar-refractivity contribution is 7.90. The van der Waals surface area contributed by atoms with E-state index in [0.717, 1.165) is 11.3 Å². The second kappa shape index (κ2) is 9.07. The Balaban J connectivity index is 1.48. The Bertz CT molecular complexity index is 1290. The van der Waals surface area contributed by atoms with Crippen molar-refractivity contribution in [3.8, 4) is 11.5 Å². The third kappa shape index (κ3) is 5.14. The molecule has 7 nitrogen and oxygen atoms in total. The van der Waals surface area contributed by atoms with Crippen LogP contribution in [0.15, 0.2) is 89.8 Å². The van der Waals surface area contributed by atoms with Gasteiger partial charge in [-0.1, -0.05) is 59.9 Å². The van der Waals surface area contributed by atoms with Gasteiger partial charge in [0, 0.05) is 0 Å². The van der Waals surface area contributed by atoms with Gasteiger partial charge in [0.05, 0.1) is 10.5 Å². The number of sulfone groups is 1. The minimum absolute atomic E-state index is 0.206. The molecule has 0 bridgehead atoms. The summed E-state index contributed by atoms with van der Waals surface area (Å²) < 4.78 is 30.8. The number of aromatic nitrogens is 2. The number of para-hydroxylation sites is 2.